The first kappa shape index (κ1) is 13.6. The van der Waals surface area contributed by atoms with E-state index in [-0.39, 0.29) is 5.78 Å². The first-order valence-electron chi connectivity index (χ1n) is 5.06. The summed E-state index contributed by atoms with van der Waals surface area (Å²) < 4.78 is 0. The number of amidine groups is 1. The molecule has 0 saturated heterocycles. The van der Waals surface area contributed by atoms with Crippen LogP contribution < -0.4 is 11.5 Å². The van der Waals surface area contributed by atoms with Gasteiger partial charge in [0.05, 0.1) is 6.04 Å². The predicted molar refractivity (Wildman–Crippen MR) is 63.5 cm³/mol. The fourth-order valence-corrected chi connectivity index (χ4v) is 0.758. The van der Waals surface area contributed by atoms with Crippen LogP contribution in [0.15, 0.2) is 29.4 Å². The minimum atomic E-state index is -0.498. The predicted octanol–water partition coefficient (Wildman–Crippen LogP) is 1.13. The number of carbonyl (C=O) groups is 1. The Balaban J connectivity index is 4.26. The Labute approximate surface area is 90.7 Å². The lowest BCUT2D eigenvalue weighted by atomic mass is 10.2. The first-order chi connectivity index (χ1) is 7.11. The van der Waals surface area contributed by atoms with Gasteiger partial charge in [0.1, 0.15) is 5.84 Å². The molecule has 1 atom stereocenters. The van der Waals surface area contributed by atoms with Gasteiger partial charge in [-0.15, -0.1) is 0 Å². The maximum Gasteiger partial charge on any atom is 0.155 e. The number of rotatable bonds is 6. The summed E-state index contributed by atoms with van der Waals surface area (Å²) in [7, 11) is 0. The summed E-state index contributed by atoms with van der Waals surface area (Å²) in [5.74, 6) is 0.335. The van der Waals surface area contributed by atoms with E-state index in [2.05, 4.69) is 4.99 Å². The van der Waals surface area contributed by atoms with Gasteiger partial charge in [0.15, 0.2) is 5.78 Å². The Morgan fingerprint density at radius 2 is 2.13 bits per heavy atom. The van der Waals surface area contributed by atoms with Gasteiger partial charge in [0.2, 0.25) is 0 Å². The summed E-state index contributed by atoms with van der Waals surface area (Å²) >= 11 is 0. The fraction of sp³-hybridized carbons (Fsp3) is 0.455. The van der Waals surface area contributed by atoms with E-state index in [4.69, 9.17) is 11.5 Å². The van der Waals surface area contributed by atoms with Gasteiger partial charge in [-0.3, -0.25) is 4.79 Å². The maximum atomic E-state index is 11.0. The molecule has 15 heavy (non-hydrogen) atoms. The molecule has 0 spiro atoms. The van der Waals surface area contributed by atoms with Crippen molar-refractivity contribution in [3.63, 3.8) is 0 Å². The van der Waals surface area contributed by atoms with Gasteiger partial charge in [-0.1, -0.05) is 26.0 Å². The highest BCUT2D eigenvalue weighted by atomic mass is 16.1. The molecule has 0 amide bonds. The van der Waals surface area contributed by atoms with Crippen LogP contribution in [0.5, 0.6) is 0 Å². The monoisotopic (exact) mass is 209 g/mol. The molecule has 0 aliphatic carbocycles. The molecule has 0 aromatic carbocycles. The van der Waals surface area contributed by atoms with Crippen molar-refractivity contribution in [3.8, 4) is 0 Å². The summed E-state index contributed by atoms with van der Waals surface area (Å²) in [6.45, 7) is 3.79. The van der Waals surface area contributed by atoms with Crippen LogP contribution in [0.2, 0.25) is 0 Å². The molecule has 84 valence electrons. The molecular weight excluding hydrogens is 190 g/mol. The van der Waals surface area contributed by atoms with Crippen LogP contribution in [0, 0.1) is 0 Å². The molecule has 4 nitrogen and oxygen atoms in total. The van der Waals surface area contributed by atoms with Gasteiger partial charge in [-0.2, -0.15) is 0 Å². The molecule has 0 heterocycles. The summed E-state index contributed by atoms with van der Waals surface area (Å²) in [5, 5.41) is 0. The van der Waals surface area contributed by atoms with Crippen molar-refractivity contribution >= 4 is 11.6 Å². The molecule has 4 heteroatoms. The van der Waals surface area contributed by atoms with Crippen LogP contribution >= 0.6 is 0 Å². The quantitative estimate of drug-likeness (QED) is 0.391. The summed E-state index contributed by atoms with van der Waals surface area (Å²) in [6, 6.07) is -0.498. The summed E-state index contributed by atoms with van der Waals surface area (Å²) in [5.41, 5.74) is 11.3. The topological polar surface area (TPSA) is 81.5 Å². The van der Waals surface area contributed by atoms with E-state index < -0.39 is 6.04 Å². The number of nitrogens with zero attached hydrogens (tertiary/aromatic N) is 1. The smallest absolute Gasteiger partial charge is 0.155 e. The average Bonchev–Trinajstić information content (AvgIpc) is 2.25. The van der Waals surface area contributed by atoms with E-state index in [1.807, 2.05) is 13.0 Å². The van der Waals surface area contributed by atoms with Gasteiger partial charge in [-0.25, -0.2) is 4.99 Å². The zero-order chi connectivity index (χ0) is 11.7. The van der Waals surface area contributed by atoms with Gasteiger partial charge in [0, 0.05) is 12.6 Å². The molecule has 0 unspecified atom stereocenters. The highest BCUT2D eigenvalue weighted by molar-refractivity contribution is 5.92. The maximum absolute atomic E-state index is 11.0. The third-order valence-corrected chi connectivity index (χ3v) is 1.74. The standard InChI is InChI=1S/C11H19N3O/c1-3-5-8-14-11(13)10(12)7-6-9(15)4-2/h5-8,10H,3-4,12H2,1-2H3,(H2,13,14)/b7-6+,8-5-/t10-/m1/s1. The fourth-order valence-electron chi connectivity index (χ4n) is 0.758. The van der Waals surface area contributed by atoms with Crippen molar-refractivity contribution in [2.24, 2.45) is 16.5 Å². The number of carbonyl (C=O) groups excluding carboxylic acids is 1. The van der Waals surface area contributed by atoms with E-state index in [0.29, 0.717) is 12.3 Å². The Morgan fingerprint density at radius 3 is 2.67 bits per heavy atom. The Hall–Kier alpha value is -1.42. The largest absolute Gasteiger partial charge is 0.386 e. The number of nitrogens with two attached hydrogens (primary N) is 2. The molecule has 0 rings (SSSR count). The number of aliphatic imine (C=N–C) groups is 1. The summed E-state index contributed by atoms with van der Waals surface area (Å²) in [4.78, 5) is 14.9. The molecule has 0 bridgehead atoms. The molecule has 0 aliphatic heterocycles. The molecule has 0 saturated carbocycles. The van der Waals surface area contributed by atoms with E-state index in [0.717, 1.165) is 6.42 Å². The minimum Gasteiger partial charge on any atom is -0.386 e. The molecule has 0 aromatic rings. The van der Waals surface area contributed by atoms with Crippen molar-refractivity contribution in [3.05, 3.63) is 24.4 Å². The lowest BCUT2D eigenvalue weighted by molar-refractivity contribution is -0.114. The zero-order valence-electron chi connectivity index (χ0n) is 9.31. The van der Waals surface area contributed by atoms with Crippen LogP contribution in [-0.2, 0) is 4.79 Å². The molecule has 0 fully saturated rings. The van der Waals surface area contributed by atoms with Gasteiger partial charge < -0.3 is 11.5 Å². The average molecular weight is 209 g/mol. The van der Waals surface area contributed by atoms with E-state index >= 15 is 0 Å². The number of ketones is 1. The van der Waals surface area contributed by atoms with E-state index in [9.17, 15) is 4.79 Å². The number of hydrogen-bond donors (Lipinski definition) is 2. The second kappa shape index (κ2) is 7.94. The van der Waals surface area contributed by atoms with Crippen LogP contribution in [-0.4, -0.2) is 17.7 Å². The third-order valence-electron chi connectivity index (χ3n) is 1.74. The zero-order valence-corrected chi connectivity index (χ0v) is 9.31. The Morgan fingerprint density at radius 1 is 1.47 bits per heavy atom. The Kier molecular flexibility index (Phi) is 7.18. The Bertz CT molecular complexity index is 280. The molecular formula is C11H19N3O. The number of hydrogen-bond acceptors (Lipinski definition) is 3. The van der Waals surface area contributed by atoms with Crippen LogP contribution in [0.4, 0.5) is 0 Å². The van der Waals surface area contributed by atoms with Crippen LogP contribution in [0.1, 0.15) is 26.7 Å². The molecule has 4 N–H and O–H groups in total. The van der Waals surface area contributed by atoms with Crippen molar-refractivity contribution in [2.75, 3.05) is 0 Å². The van der Waals surface area contributed by atoms with Gasteiger partial charge in [0.25, 0.3) is 0 Å². The molecule has 0 aromatic heterocycles. The lowest BCUT2D eigenvalue weighted by Crippen LogP contribution is -2.34. The third kappa shape index (κ3) is 6.62. The minimum absolute atomic E-state index is 0.0300. The first-order valence-corrected chi connectivity index (χ1v) is 5.06. The van der Waals surface area contributed by atoms with Crippen LogP contribution in [0.25, 0.3) is 0 Å². The van der Waals surface area contributed by atoms with Crippen molar-refractivity contribution in [2.45, 2.75) is 32.7 Å². The normalized spacial score (nSPS) is 15.0. The van der Waals surface area contributed by atoms with E-state index in [1.54, 1.807) is 19.2 Å². The van der Waals surface area contributed by atoms with Crippen molar-refractivity contribution in [1.82, 2.24) is 0 Å². The second-order valence-corrected chi connectivity index (χ2v) is 3.05. The highest BCUT2D eigenvalue weighted by Crippen LogP contribution is 1.89. The van der Waals surface area contributed by atoms with Gasteiger partial charge in [-0.05, 0) is 12.5 Å². The summed E-state index contributed by atoms with van der Waals surface area (Å²) in [6.07, 6.45) is 7.86. The van der Waals surface area contributed by atoms with Crippen molar-refractivity contribution < 1.29 is 4.79 Å². The van der Waals surface area contributed by atoms with Crippen molar-refractivity contribution in [1.29, 1.82) is 0 Å². The molecule has 0 radical (unpaired) electrons. The lowest BCUT2D eigenvalue weighted by Gasteiger charge is -2.03. The number of allylic oxidation sites excluding steroid dienone is 2. The highest BCUT2D eigenvalue weighted by Gasteiger charge is 2.01. The van der Waals surface area contributed by atoms with E-state index in [1.165, 1.54) is 6.08 Å². The van der Waals surface area contributed by atoms with Crippen LogP contribution in [0.3, 0.4) is 0 Å². The second-order valence-electron chi connectivity index (χ2n) is 3.05. The SMILES string of the molecule is CC/C=C\N=C(/N)[C@H](N)/C=C/C(=O)CC. The van der Waals surface area contributed by atoms with Gasteiger partial charge >= 0.3 is 0 Å². The molecule has 0 aliphatic rings.